The van der Waals surface area contributed by atoms with Gasteiger partial charge in [0.1, 0.15) is 0 Å². The van der Waals surface area contributed by atoms with E-state index in [9.17, 15) is 18.0 Å². The van der Waals surface area contributed by atoms with Gasteiger partial charge in [-0.1, -0.05) is 18.6 Å². The highest BCUT2D eigenvalue weighted by atomic mass is 32.2. The predicted octanol–water partition coefficient (Wildman–Crippen LogP) is 1.10. The summed E-state index contributed by atoms with van der Waals surface area (Å²) in [5.74, 6) is -1.11. The number of benzene rings is 1. The number of nitrogens with one attached hydrogen (secondary N) is 1. The van der Waals surface area contributed by atoms with Crippen molar-refractivity contribution in [2.75, 3.05) is 26.2 Å². The van der Waals surface area contributed by atoms with Crippen LogP contribution in [0, 0.1) is 0 Å². The van der Waals surface area contributed by atoms with Gasteiger partial charge in [-0.25, -0.2) is 8.42 Å². The van der Waals surface area contributed by atoms with Gasteiger partial charge >= 0.3 is 11.8 Å². The Hall–Kier alpha value is -1.93. The van der Waals surface area contributed by atoms with E-state index in [4.69, 9.17) is 0 Å². The summed E-state index contributed by atoms with van der Waals surface area (Å²) in [6, 6.07) is 6.48. The summed E-state index contributed by atoms with van der Waals surface area (Å²) >= 11 is 0. The van der Waals surface area contributed by atoms with Gasteiger partial charge in [-0.05, 0) is 43.4 Å². The van der Waals surface area contributed by atoms with Crippen LogP contribution >= 0.6 is 0 Å². The summed E-state index contributed by atoms with van der Waals surface area (Å²) in [7, 11) is -3.45. The maximum Gasteiger partial charge on any atom is 0.311 e. The maximum atomic E-state index is 12.6. The first-order valence-corrected chi connectivity index (χ1v) is 10.6. The molecule has 1 N–H and O–H groups in total. The molecule has 0 aliphatic carbocycles. The highest BCUT2D eigenvalue weighted by molar-refractivity contribution is 7.89. The molecule has 0 atom stereocenters. The van der Waals surface area contributed by atoms with Gasteiger partial charge in [-0.3, -0.25) is 9.59 Å². The van der Waals surface area contributed by atoms with Gasteiger partial charge in [0.25, 0.3) is 0 Å². The first-order valence-electron chi connectivity index (χ1n) is 9.15. The fourth-order valence-corrected chi connectivity index (χ4v) is 4.87. The van der Waals surface area contributed by atoms with Crippen LogP contribution in [0.5, 0.6) is 0 Å². The van der Waals surface area contributed by atoms with Crippen LogP contribution in [0.2, 0.25) is 0 Å². The minimum absolute atomic E-state index is 0.197. The van der Waals surface area contributed by atoms with Crippen molar-refractivity contribution in [2.45, 2.75) is 43.5 Å². The topological polar surface area (TPSA) is 86.8 Å². The van der Waals surface area contributed by atoms with Crippen LogP contribution in [0.1, 0.15) is 37.7 Å². The van der Waals surface area contributed by atoms with E-state index in [0.29, 0.717) is 26.2 Å². The number of nitrogens with zero attached hydrogens (tertiary/aromatic N) is 2. The third kappa shape index (κ3) is 4.24. The first-order chi connectivity index (χ1) is 12.5. The zero-order valence-electron chi connectivity index (χ0n) is 14.8. The third-order valence-corrected chi connectivity index (χ3v) is 6.83. The summed E-state index contributed by atoms with van der Waals surface area (Å²) < 4.78 is 26.7. The molecule has 2 heterocycles. The Labute approximate surface area is 154 Å². The fourth-order valence-electron chi connectivity index (χ4n) is 3.36. The Kier molecular flexibility index (Phi) is 5.93. The molecule has 2 amide bonds. The van der Waals surface area contributed by atoms with Crippen molar-refractivity contribution in [3.8, 4) is 0 Å². The van der Waals surface area contributed by atoms with Crippen LogP contribution in [-0.2, 0) is 26.2 Å². The summed E-state index contributed by atoms with van der Waals surface area (Å²) in [6.07, 6.45) is 4.74. The summed E-state index contributed by atoms with van der Waals surface area (Å²) in [6.45, 7) is 2.60. The van der Waals surface area contributed by atoms with Crippen molar-refractivity contribution < 1.29 is 18.0 Å². The first kappa shape index (κ1) is 18.8. The normalized spacial score (nSPS) is 18.7. The number of piperidine rings is 1. The van der Waals surface area contributed by atoms with Gasteiger partial charge in [0, 0.05) is 32.7 Å². The van der Waals surface area contributed by atoms with E-state index in [1.54, 1.807) is 29.2 Å². The average molecular weight is 379 g/mol. The van der Waals surface area contributed by atoms with E-state index >= 15 is 0 Å². The van der Waals surface area contributed by atoms with Crippen molar-refractivity contribution in [1.29, 1.82) is 0 Å². The second-order valence-electron chi connectivity index (χ2n) is 6.79. The number of hydrogen-bond donors (Lipinski definition) is 1. The Morgan fingerprint density at radius 1 is 0.885 bits per heavy atom. The van der Waals surface area contributed by atoms with Crippen molar-refractivity contribution in [3.05, 3.63) is 29.8 Å². The minimum atomic E-state index is -3.45. The zero-order valence-corrected chi connectivity index (χ0v) is 15.6. The van der Waals surface area contributed by atoms with Gasteiger partial charge in [0.05, 0.1) is 4.90 Å². The van der Waals surface area contributed by atoms with Crippen LogP contribution < -0.4 is 5.32 Å². The van der Waals surface area contributed by atoms with E-state index in [2.05, 4.69) is 5.32 Å². The van der Waals surface area contributed by atoms with Crippen LogP contribution in [0.25, 0.3) is 0 Å². The molecule has 0 unspecified atom stereocenters. The lowest BCUT2D eigenvalue weighted by molar-refractivity contribution is -0.145. The van der Waals surface area contributed by atoms with Gasteiger partial charge in [-0.2, -0.15) is 4.31 Å². The van der Waals surface area contributed by atoms with Crippen molar-refractivity contribution in [2.24, 2.45) is 0 Å². The Bertz CT molecular complexity index is 749. The molecular weight excluding hydrogens is 354 g/mol. The number of carbonyl (C=O) groups is 2. The second-order valence-corrected chi connectivity index (χ2v) is 8.73. The van der Waals surface area contributed by atoms with Gasteiger partial charge in [0.2, 0.25) is 10.0 Å². The van der Waals surface area contributed by atoms with Crippen LogP contribution in [0.15, 0.2) is 29.2 Å². The predicted molar refractivity (Wildman–Crippen MR) is 96.7 cm³/mol. The van der Waals surface area contributed by atoms with Gasteiger partial charge in [0.15, 0.2) is 0 Å². The molecule has 0 spiro atoms. The number of amides is 2. The maximum absolute atomic E-state index is 12.6. The Morgan fingerprint density at radius 3 is 2.08 bits per heavy atom. The molecule has 0 saturated carbocycles. The van der Waals surface area contributed by atoms with Crippen LogP contribution in [-0.4, -0.2) is 55.6 Å². The number of likely N-dealkylation sites (tertiary alicyclic amines) is 1. The molecule has 2 fully saturated rings. The molecule has 0 radical (unpaired) electrons. The monoisotopic (exact) mass is 379 g/mol. The van der Waals surface area contributed by atoms with Crippen molar-refractivity contribution in [1.82, 2.24) is 14.5 Å². The van der Waals surface area contributed by atoms with Crippen molar-refractivity contribution >= 4 is 21.8 Å². The second kappa shape index (κ2) is 8.18. The van der Waals surface area contributed by atoms with Crippen LogP contribution in [0.4, 0.5) is 0 Å². The molecular formula is C18H25N3O4S. The highest BCUT2D eigenvalue weighted by Gasteiger charge is 2.26. The lowest BCUT2D eigenvalue weighted by atomic mass is 10.2. The molecule has 26 heavy (non-hydrogen) atoms. The summed E-state index contributed by atoms with van der Waals surface area (Å²) in [5, 5.41) is 2.61. The number of carbonyl (C=O) groups excluding carboxylic acids is 2. The fraction of sp³-hybridized carbons (Fsp3) is 0.556. The van der Waals surface area contributed by atoms with Crippen LogP contribution in [0.3, 0.4) is 0 Å². The number of sulfonamides is 1. The summed E-state index contributed by atoms with van der Waals surface area (Å²) in [5.41, 5.74) is 0.755. The molecule has 0 bridgehead atoms. The summed E-state index contributed by atoms with van der Waals surface area (Å²) in [4.78, 5) is 25.7. The molecule has 8 heteroatoms. The highest BCUT2D eigenvalue weighted by Crippen LogP contribution is 2.20. The lowest BCUT2D eigenvalue weighted by Crippen LogP contribution is -2.41. The molecule has 2 saturated heterocycles. The molecule has 142 valence electrons. The third-order valence-electron chi connectivity index (χ3n) is 4.92. The molecule has 1 aromatic carbocycles. The van der Waals surface area contributed by atoms with E-state index in [1.807, 2.05) is 0 Å². The molecule has 2 aliphatic heterocycles. The largest absolute Gasteiger partial charge is 0.344 e. The SMILES string of the molecule is O=C(NCc1ccc(S(=O)(=O)N2CCCCC2)cc1)C(=O)N1CCCC1. The van der Waals surface area contributed by atoms with E-state index in [-0.39, 0.29) is 11.4 Å². The smallest absolute Gasteiger partial charge is 0.311 e. The average Bonchev–Trinajstić information content (AvgIpc) is 3.21. The van der Waals surface area contributed by atoms with Gasteiger partial charge in [-0.15, -0.1) is 0 Å². The molecule has 7 nitrogen and oxygen atoms in total. The Morgan fingerprint density at radius 2 is 1.46 bits per heavy atom. The minimum Gasteiger partial charge on any atom is -0.344 e. The molecule has 3 rings (SSSR count). The van der Waals surface area contributed by atoms with E-state index in [1.165, 1.54) is 4.31 Å². The van der Waals surface area contributed by atoms with E-state index in [0.717, 1.165) is 37.7 Å². The van der Waals surface area contributed by atoms with Crippen molar-refractivity contribution in [3.63, 3.8) is 0 Å². The quantitative estimate of drug-likeness (QED) is 0.794. The molecule has 2 aliphatic rings. The van der Waals surface area contributed by atoms with E-state index < -0.39 is 21.8 Å². The zero-order chi connectivity index (χ0) is 18.6. The molecule has 0 aromatic heterocycles. The Balaban J connectivity index is 1.57. The molecule has 1 aromatic rings. The van der Waals surface area contributed by atoms with Gasteiger partial charge < -0.3 is 10.2 Å². The number of hydrogen-bond acceptors (Lipinski definition) is 4. The standard InChI is InChI=1S/C18H25N3O4S/c22-17(18(23)20-10-4-5-11-20)19-14-15-6-8-16(9-7-15)26(24,25)21-12-2-1-3-13-21/h6-9H,1-5,10-14H2,(H,19,22). The lowest BCUT2D eigenvalue weighted by Gasteiger charge is -2.25. The number of rotatable bonds is 4.